The molecule has 1 aliphatic carbocycles. The van der Waals surface area contributed by atoms with Gasteiger partial charge in [-0.15, -0.1) is 0 Å². The van der Waals surface area contributed by atoms with Crippen molar-refractivity contribution in [3.8, 4) is 0 Å². The molecule has 0 fully saturated rings. The average molecular weight is 204 g/mol. The molecule has 0 aromatic carbocycles. The molecule has 0 N–H and O–H groups in total. The van der Waals surface area contributed by atoms with Gasteiger partial charge in [0.05, 0.1) is 5.02 Å². The third-order valence-corrected chi connectivity index (χ3v) is 2.97. The Bertz CT molecular complexity index is 338. The van der Waals surface area contributed by atoms with Crippen molar-refractivity contribution < 1.29 is 4.73 Å². The Hall–Kier alpha value is -0.470. The van der Waals surface area contributed by atoms with Gasteiger partial charge in [0.1, 0.15) is 5.02 Å². The maximum Gasteiger partial charge on any atom is 0.200 e. The van der Waals surface area contributed by atoms with E-state index in [0.29, 0.717) is 10.0 Å². The van der Waals surface area contributed by atoms with Crippen LogP contribution in [0.25, 0.3) is 0 Å². The van der Waals surface area contributed by atoms with Gasteiger partial charge in [-0.1, -0.05) is 23.2 Å². The third kappa shape index (κ3) is 1.06. The van der Waals surface area contributed by atoms with Gasteiger partial charge in [0.15, 0.2) is 5.69 Å². The highest BCUT2D eigenvalue weighted by molar-refractivity contribution is 6.42. The van der Waals surface area contributed by atoms with Gasteiger partial charge in [0.2, 0.25) is 6.20 Å². The van der Waals surface area contributed by atoms with Gasteiger partial charge in [-0.2, -0.15) is 4.73 Å². The van der Waals surface area contributed by atoms with E-state index < -0.39 is 0 Å². The number of hydrogen-bond donors (Lipinski definition) is 0. The summed E-state index contributed by atoms with van der Waals surface area (Å²) >= 11 is 11.7. The highest BCUT2D eigenvalue weighted by Crippen LogP contribution is 2.31. The maximum atomic E-state index is 11.3. The van der Waals surface area contributed by atoms with Gasteiger partial charge < -0.3 is 5.21 Å². The molecule has 64 valence electrons. The van der Waals surface area contributed by atoms with E-state index >= 15 is 0 Å². The van der Waals surface area contributed by atoms with Crippen molar-refractivity contribution in [1.82, 2.24) is 0 Å². The van der Waals surface area contributed by atoms with Crippen LogP contribution in [-0.4, -0.2) is 0 Å². The minimum Gasteiger partial charge on any atom is -0.618 e. The molecule has 0 unspecified atom stereocenters. The van der Waals surface area contributed by atoms with Gasteiger partial charge in [-0.05, 0) is 12.8 Å². The van der Waals surface area contributed by atoms with Gasteiger partial charge in [0.25, 0.3) is 0 Å². The van der Waals surface area contributed by atoms with E-state index in [1.54, 1.807) is 0 Å². The van der Waals surface area contributed by atoms with E-state index in [4.69, 9.17) is 23.2 Å². The van der Waals surface area contributed by atoms with Crippen molar-refractivity contribution in [2.45, 2.75) is 19.3 Å². The molecule has 1 aliphatic rings. The SMILES string of the molecule is [O-][n+]1cc(Cl)c(Cl)c2c1CCC2. The van der Waals surface area contributed by atoms with Crippen LogP contribution in [0.1, 0.15) is 17.7 Å². The molecule has 0 spiro atoms. The van der Waals surface area contributed by atoms with Gasteiger partial charge in [0, 0.05) is 12.0 Å². The molecule has 0 aliphatic heterocycles. The summed E-state index contributed by atoms with van der Waals surface area (Å²) < 4.78 is 0.830. The second-order valence-electron chi connectivity index (χ2n) is 2.90. The Balaban J connectivity index is 2.69. The Morgan fingerprint density at radius 2 is 2.08 bits per heavy atom. The molecule has 0 bridgehead atoms. The van der Waals surface area contributed by atoms with Crippen LogP contribution in [0.2, 0.25) is 10.0 Å². The van der Waals surface area contributed by atoms with Crippen LogP contribution in [0, 0.1) is 5.21 Å². The smallest absolute Gasteiger partial charge is 0.200 e. The summed E-state index contributed by atoms with van der Waals surface area (Å²) in [6.45, 7) is 0. The summed E-state index contributed by atoms with van der Waals surface area (Å²) in [5, 5.41) is 12.2. The fourth-order valence-electron chi connectivity index (χ4n) is 1.59. The van der Waals surface area contributed by atoms with Crippen molar-refractivity contribution in [2.24, 2.45) is 0 Å². The number of nitrogens with zero attached hydrogens (tertiary/aromatic N) is 1. The quantitative estimate of drug-likeness (QED) is 0.469. The van der Waals surface area contributed by atoms with E-state index in [2.05, 4.69) is 0 Å². The number of halogens is 2. The highest BCUT2D eigenvalue weighted by atomic mass is 35.5. The zero-order valence-electron chi connectivity index (χ0n) is 6.31. The van der Waals surface area contributed by atoms with Crippen molar-refractivity contribution >= 4 is 23.2 Å². The molecular weight excluding hydrogens is 197 g/mol. The van der Waals surface area contributed by atoms with Crippen molar-refractivity contribution in [3.63, 3.8) is 0 Å². The lowest BCUT2D eigenvalue weighted by molar-refractivity contribution is -0.613. The molecule has 2 rings (SSSR count). The van der Waals surface area contributed by atoms with Crippen LogP contribution < -0.4 is 4.73 Å². The topological polar surface area (TPSA) is 26.9 Å². The fourth-order valence-corrected chi connectivity index (χ4v) is 2.04. The average Bonchev–Trinajstić information content (AvgIpc) is 2.48. The Kier molecular flexibility index (Phi) is 1.89. The molecule has 4 heteroatoms. The van der Waals surface area contributed by atoms with Crippen LogP contribution in [0.4, 0.5) is 0 Å². The first-order valence-electron chi connectivity index (χ1n) is 3.79. The van der Waals surface area contributed by atoms with Crippen molar-refractivity contribution in [3.05, 3.63) is 32.7 Å². The molecule has 0 atom stereocenters. The lowest BCUT2D eigenvalue weighted by Crippen LogP contribution is -2.31. The summed E-state index contributed by atoms with van der Waals surface area (Å²) in [4.78, 5) is 0. The van der Waals surface area contributed by atoms with Gasteiger partial charge in [-0.25, -0.2) is 0 Å². The minimum atomic E-state index is 0.354. The second-order valence-corrected chi connectivity index (χ2v) is 3.68. The Morgan fingerprint density at radius 3 is 2.83 bits per heavy atom. The first-order valence-corrected chi connectivity index (χ1v) is 4.54. The summed E-state index contributed by atoms with van der Waals surface area (Å²) in [6.07, 6.45) is 4.01. The highest BCUT2D eigenvalue weighted by Gasteiger charge is 2.24. The molecule has 0 radical (unpaired) electrons. The summed E-state index contributed by atoms with van der Waals surface area (Å²) in [6, 6.07) is 0. The predicted octanol–water partition coefficient (Wildman–Crippen LogP) is 2.12. The Morgan fingerprint density at radius 1 is 1.33 bits per heavy atom. The summed E-state index contributed by atoms with van der Waals surface area (Å²) in [7, 11) is 0. The zero-order chi connectivity index (χ0) is 8.72. The lowest BCUT2D eigenvalue weighted by atomic mass is 10.2. The first-order chi connectivity index (χ1) is 5.70. The van der Waals surface area contributed by atoms with Crippen molar-refractivity contribution in [1.29, 1.82) is 0 Å². The number of rotatable bonds is 0. The van der Waals surface area contributed by atoms with E-state index in [-0.39, 0.29) is 0 Å². The van der Waals surface area contributed by atoms with E-state index in [1.807, 2.05) is 0 Å². The number of aromatic nitrogens is 1. The molecule has 1 aromatic rings. The normalized spacial score (nSPS) is 14.8. The van der Waals surface area contributed by atoms with E-state index in [0.717, 1.165) is 35.3 Å². The maximum absolute atomic E-state index is 11.3. The van der Waals surface area contributed by atoms with Gasteiger partial charge >= 0.3 is 0 Å². The fraction of sp³-hybridized carbons (Fsp3) is 0.375. The standard InChI is InChI=1S/C8H7Cl2NO/c9-6-4-11(12)7-3-1-2-5(7)8(6)10/h4H,1-3H2. The zero-order valence-corrected chi connectivity index (χ0v) is 7.82. The molecule has 0 amide bonds. The van der Waals surface area contributed by atoms with Crippen molar-refractivity contribution in [2.75, 3.05) is 0 Å². The predicted molar refractivity (Wildman–Crippen MR) is 47.4 cm³/mol. The van der Waals surface area contributed by atoms with E-state index in [1.165, 1.54) is 6.20 Å². The summed E-state index contributed by atoms with van der Waals surface area (Å²) in [5.74, 6) is 0. The summed E-state index contributed by atoms with van der Waals surface area (Å²) in [5.41, 5.74) is 1.71. The molecule has 1 heterocycles. The van der Waals surface area contributed by atoms with Crippen LogP contribution in [0.3, 0.4) is 0 Å². The number of fused-ring (bicyclic) bond motifs is 1. The number of hydrogen-bond acceptors (Lipinski definition) is 1. The largest absolute Gasteiger partial charge is 0.618 e. The molecule has 0 saturated heterocycles. The third-order valence-electron chi connectivity index (χ3n) is 2.16. The first kappa shape index (κ1) is 8.14. The van der Waals surface area contributed by atoms with Crippen LogP contribution >= 0.6 is 23.2 Å². The molecule has 1 aromatic heterocycles. The van der Waals surface area contributed by atoms with Crippen LogP contribution in [0.15, 0.2) is 6.20 Å². The monoisotopic (exact) mass is 203 g/mol. The lowest BCUT2D eigenvalue weighted by Gasteiger charge is -2.05. The Labute approximate surface area is 80.3 Å². The molecule has 12 heavy (non-hydrogen) atoms. The molecular formula is C8H7Cl2NO. The van der Waals surface area contributed by atoms with Gasteiger partial charge in [-0.3, -0.25) is 0 Å². The molecule has 0 saturated carbocycles. The van der Waals surface area contributed by atoms with Crippen LogP contribution in [-0.2, 0) is 12.8 Å². The van der Waals surface area contributed by atoms with E-state index in [9.17, 15) is 5.21 Å². The number of pyridine rings is 1. The van der Waals surface area contributed by atoms with Crippen LogP contribution in [0.5, 0.6) is 0 Å². The second kappa shape index (κ2) is 2.79. The minimum absolute atomic E-state index is 0.354. The molecule has 2 nitrogen and oxygen atoms in total.